The zero-order valence-corrected chi connectivity index (χ0v) is 40.7. The largest absolute Gasteiger partial charge is 0.457 e. The van der Waals surface area contributed by atoms with Gasteiger partial charge in [-0.3, -0.25) is 19.2 Å². The molecule has 336 valence electrons. The summed E-state index contributed by atoms with van der Waals surface area (Å²) in [4.78, 5) is 71.8. The normalized spacial score (nSPS) is 15.7. The summed E-state index contributed by atoms with van der Waals surface area (Å²) < 4.78 is 18.5. The number of hydrogen-bond acceptors (Lipinski definition) is 13. The van der Waals surface area contributed by atoms with E-state index in [2.05, 4.69) is 48.1 Å². The van der Waals surface area contributed by atoms with Crippen molar-refractivity contribution in [3.8, 4) is 17.6 Å². The van der Waals surface area contributed by atoms with Gasteiger partial charge in [0.05, 0.1) is 41.1 Å². The molecule has 0 aliphatic carbocycles. The fourth-order valence-corrected chi connectivity index (χ4v) is 13.3. The van der Waals surface area contributed by atoms with Crippen LogP contribution in [0.5, 0.6) is 11.5 Å². The number of fused-ring (bicyclic) bond motifs is 2. The molecule has 11 nitrogen and oxygen atoms in total. The maximum Gasteiger partial charge on any atom is 0.350 e. The van der Waals surface area contributed by atoms with Crippen LogP contribution in [0.15, 0.2) is 113 Å². The molecule has 0 radical (unpaired) electrons. The number of esters is 3. The molecule has 3 aliphatic rings. The fraction of sp³-hybridized carbons (Fsp3) is 0.388. The zero-order chi connectivity index (χ0) is 46.5. The average molecular weight is 940 g/mol. The molecule has 6 rings (SSSR count). The number of nitriles is 1. The van der Waals surface area contributed by atoms with Gasteiger partial charge in [0.15, 0.2) is 17.1 Å². The van der Waals surface area contributed by atoms with Crippen molar-refractivity contribution < 1.29 is 38.2 Å². The molecule has 3 aliphatic heterocycles. The molecule has 0 bridgehead atoms. The highest BCUT2D eigenvalue weighted by molar-refractivity contribution is 8.26. The average Bonchev–Trinajstić information content (AvgIpc) is 3.90. The maximum absolute atomic E-state index is 14.7. The van der Waals surface area contributed by atoms with E-state index >= 15 is 0 Å². The number of hydrogen-bond donors (Lipinski definition) is 0. The van der Waals surface area contributed by atoms with E-state index < -0.39 is 29.7 Å². The summed E-state index contributed by atoms with van der Waals surface area (Å²) in [6, 6.07) is 20.8. The predicted molar refractivity (Wildman–Crippen MR) is 252 cm³/mol. The van der Waals surface area contributed by atoms with Crippen LogP contribution in [-0.4, -0.2) is 46.3 Å². The number of hydrazine groups is 1. The summed E-state index contributed by atoms with van der Waals surface area (Å²) >= 11 is 4.24. The quantitative estimate of drug-likeness (QED) is 0.0356. The number of amides is 2. The lowest BCUT2D eigenvalue weighted by Gasteiger charge is -2.27. The molecule has 1 saturated heterocycles. The Kier molecular flexibility index (Phi) is 15.6. The van der Waals surface area contributed by atoms with Crippen LogP contribution < -0.4 is 9.47 Å². The number of thioether (sulfide) groups is 4. The van der Waals surface area contributed by atoms with E-state index in [1.165, 1.54) is 16.1 Å². The third kappa shape index (κ3) is 11.9. The van der Waals surface area contributed by atoms with Gasteiger partial charge in [-0.05, 0) is 46.6 Å². The first-order chi connectivity index (χ1) is 30.3. The smallest absolute Gasteiger partial charge is 0.350 e. The number of nitrogens with zero attached hydrogens (tertiary/aromatic N) is 3. The number of carbonyl (C=O) groups is 5. The van der Waals surface area contributed by atoms with Crippen LogP contribution in [0.3, 0.4) is 0 Å². The Bertz CT molecular complexity index is 2310. The Morgan fingerprint density at radius 1 is 0.703 bits per heavy atom. The molecular weight excluding hydrogens is 887 g/mol. The van der Waals surface area contributed by atoms with E-state index in [9.17, 15) is 29.2 Å². The lowest BCUT2D eigenvalue weighted by molar-refractivity contribution is -0.149. The minimum absolute atomic E-state index is 0.0362. The Morgan fingerprint density at radius 3 is 1.48 bits per heavy atom. The fourth-order valence-electron chi connectivity index (χ4n) is 7.86. The van der Waals surface area contributed by atoms with Crippen molar-refractivity contribution >= 4 is 76.8 Å². The van der Waals surface area contributed by atoms with E-state index in [0.717, 1.165) is 71.0 Å². The summed E-state index contributed by atoms with van der Waals surface area (Å²) in [5.74, 6) is -2.73. The van der Waals surface area contributed by atoms with E-state index in [-0.39, 0.29) is 82.1 Å². The van der Waals surface area contributed by atoms with Crippen molar-refractivity contribution in [1.82, 2.24) is 10.0 Å². The second kappa shape index (κ2) is 20.5. The van der Waals surface area contributed by atoms with Crippen LogP contribution in [0.1, 0.15) is 92.2 Å². The molecule has 0 N–H and O–H groups in total. The monoisotopic (exact) mass is 939 g/mol. The first-order valence-corrected chi connectivity index (χ1v) is 24.3. The van der Waals surface area contributed by atoms with Crippen molar-refractivity contribution in [3.05, 3.63) is 104 Å². The van der Waals surface area contributed by atoms with Gasteiger partial charge < -0.3 is 14.2 Å². The Labute approximate surface area is 392 Å². The summed E-state index contributed by atoms with van der Waals surface area (Å²) in [7, 11) is 0. The SMILES string of the molecule is C=CCOC(=O)C(C#N)=C1Sc2c(OC(=O)CC(C)CC(C)(C)C)c3c(c(OC(=O)CC(C)CC(C)(C)C)c2S1)SC(=C1C(=O)N(Cc2ccccc2)N(Cc2ccccc2)C1=O)S3. The highest BCUT2D eigenvalue weighted by Gasteiger charge is 2.47. The topological polar surface area (TPSA) is 143 Å². The molecule has 2 atom stereocenters. The van der Waals surface area contributed by atoms with Gasteiger partial charge in [-0.1, -0.05) is 176 Å². The van der Waals surface area contributed by atoms with Gasteiger partial charge in [0.1, 0.15) is 18.2 Å². The van der Waals surface area contributed by atoms with Crippen molar-refractivity contribution in [2.24, 2.45) is 22.7 Å². The lowest BCUT2D eigenvalue weighted by Crippen LogP contribution is -2.39. The minimum atomic E-state index is -0.865. The predicted octanol–water partition coefficient (Wildman–Crippen LogP) is 11.5. The van der Waals surface area contributed by atoms with Gasteiger partial charge >= 0.3 is 17.9 Å². The molecule has 0 spiro atoms. The molecule has 64 heavy (non-hydrogen) atoms. The molecule has 15 heteroatoms. The van der Waals surface area contributed by atoms with Crippen LogP contribution in [-0.2, 0) is 41.8 Å². The molecule has 3 aromatic carbocycles. The van der Waals surface area contributed by atoms with Crippen molar-refractivity contribution in [1.29, 1.82) is 5.26 Å². The first-order valence-electron chi connectivity index (χ1n) is 21.0. The van der Waals surface area contributed by atoms with E-state index in [1.807, 2.05) is 80.6 Å². The second-order valence-electron chi connectivity index (χ2n) is 18.5. The maximum atomic E-state index is 14.7. The number of carbonyl (C=O) groups excluding carboxylic acids is 5. The zero-order valence-electron chi connectivity index (χ0n) is 37.4. The van der Waals surface area contributed by atoms with Crippen LogP contribution in [0, 0.1) is 34.0 Å². The lowest BCUT2D eigenvalue weighted by atomic mass is 9.84. The van der Waals surface area contributed by atoms with E-state index in [0.29, 0.717) is 23.8 Å². The van der Waals surface area contributed by atoms with Crippen molar-refractivity contribution in [3.63, 3.8) is 0 Å². The van der Waals surface area contributed by atoms with Gasteiger partial charge in [0, 0.05) is 12.8 Å². The number of benzene rings is 3. The Morgan fingerprint density at radius 2 is 1.11 bits per heavy atom. The second-order valence-corrected chi connectivity index (χ2v) is 23.1. The molecule has 0 aromatic heterocycles. The minimum Gasteiger partial charge on any atom is -0.457 e. The van der Waals surface area contributed by atoms with Crippen LogP contribution in [0.4, 0.5) is 0 Å². The molecule has 1 fully saturated rings. The number of ether oxygens (including phenoxy) is 3. The Balaban J connectivity index is 1.50. The summed E-state index contributed by atoms with van der Waals surface area (Å²) in [5.41, 5.74) is 1.22. The molecule has 2 unspecified atom stereocenters. The third-order valence-electron chi connectivity index (χ3n) is 9.99. The van der Waals surface area contributed by atoms with E-state index in [1.54, 1.807) is 0 Å². The van der Waals surface area contributed by atoms with Crippen molar-refractivity contribution in [2.75, 3.05) is 6.61 Å². The van der Waals surface area contributed by atoms with Gasteiger partial charge in [-0.15, -0.1) is 0 Å². The third-order valence-corrected chi connectivity index (χ3v) is 15.2. The molecule has 3 aromatic rings. The molecular formula is C49H53N3O8S4. The van der Waals surface area contributed by atoms with Crippen molar-refractivity contribution in [2.45, 2.75) is 114 Å². The standard InChI is InChI=1S/C49H53N3O8S4/c1-10-21-58-45(57)33(26-50)46-61-39-37(59-34(53)22-29(2)24-48(4,5)6)41-42(38(40(39)62-46)60-35(54)23-30(3)25-49(7,8)9)64-47(63-41)36-43(55)51(27-31-17-13-11-14-18-31)52(44(36)56)28-32-19-15-12-16-20-32/h10-20,29-30H,1,21-25,27-28H2,2-9H3. The number of rotatable bonds is 15. The summed E-state index contributed by atoms with van der Waals surface area (Å²) in [6.07, 6.45) is 3.07. The summed E-state index contributed by atoms with van der Waals surface area (Å²) in [6.45, 7) is 20.3. The van der Waals surface area contributed by atoms with Gasteiger partial charge in [0.25, 0.3) is 11.8 Å². The van der Waals surface area contributed by atoms with Gasteiger partial charge in [-0.2, -0.15) is 5.26 Å². The molecule has 0 saturated carbocycles. The van der Waals surface area contributed by atoms with Gasteiger partial charge in [0.2, 0.25) is 0 Å². The molecule has 3 heterocycles. The van der Waals surface area contributed by atoms with Crippen LogP contribution >= 0.6 is 47.0 Å². The van der Waals surface area contributed by atoms with Gasteiger partial charge in [-0.25, -0.2) is 14.8 Å². The Hall–Kier alpha value is -4.88. The van der Waals surface area contributed by atoms with Crippen LogP contribution in [0.2, 0.25) is 0 Å². The highest BCUT2D eigenvalue weighted by atomic mass is 32.2. The van der Waals surface area contributed by atoms with Crippen LogP contribution in [0.25, 0.3) is 0 Å². The molecule has 2 amide bonds. The summed E-state index contributed by atoms with van der Waals surface area (Å²) in [5, 5.41) is 13.1. The van der Waals surface area contributed by atoms with E-state index in [4.69, 9.17) is 14.2 Å². The first kappa shape index (κ1) is 48.6. The highest BCUT2D eigenvalue weighted by Crippen LogP contribution is 2.69.